The van der Waals surface area contributed by atoms with E-state index in [2.05, 4.69) is 0 Å². The maximum absolute atomic E-state index is 11.4. The predicted molar refractivity (Wildman–Crippen MR) is 60.7 cm³/mol. The van der Waals surface area contributed by atoms with Gasteiger partial charge >= 0.3 is 5.97 Å². The van der Waals surface area contributed by atoms with Crippen LogP contribution in [0.2, 0.25) is 0 Å². The molecular formula is C12H11ClO3. The predicted octanol–water partition coefficient (Wildman–Crippen LogP) is 2.56. The topological polar surface area (TPSA) is 35.5 Å². The molecule has 0 aromatic heterocycles. The molecule has 1 aliphatic rings. The van der Waals surface area contributed by atoms with E-state index < -0.39 is 11.8 Å². The Morgan fingerprint density at radius 1 is 1.25 bits per heavy atom. The fourth-order valence-corrected chi connectivity index (χ4v) is 1.54. The van der Waals surface area contributed by atoms with Crippen LogP contribution in [-0.4, -0.2) is 17.6 Å². The first kappa shape index (κ1) is 11.0. The van der Waals surface area contributed by atoms with E-state index in [4.69, 9.17) is 21.1 Å². The molecule has 1 heterocycles. The van der Waals surface area contributed by atoms with Crippen molar-refractivity contribution in [2.75, 3.05) is 5.88 Å². The van der Waals surface area contributed by atoms with Crippen molar-refractivity contribution < 1.29 is 14.3 Å². The van der Waals surface area contributed by atoms with Gasteiger partial charge in [0, 0.05) is 12.5 Å². The van der Waals surface area contributed by atoms with Crippen LogP contribution in [0.3, 0.4) is 0 Å². The number of benzene rings is 1. The summed E-state index contributed by atoms with van der Waals surface area (Å²) in [6.45, 7) is 1.63. The van der Waals surface area contributed by atoms with E-state index in [1.807, 2.05) is 30.3 Å². The summed E-state index contributed by atoms with van der Waals surface area (Å²) in [5.74, 6) is -0.949. The Bertz CT molecular complexity index is 427. The molecule has 84 valence electrons. The second-order valence-corrected chi connectivity index (χ2v) is 3.93. The third-order valence-corrected chi connectivity index (χ3v) is 2.68. The number of carbonyl (C=O) groups excluding carboxylic acids is 1. The number of ether oxygens (including phenoxy) is 2. The van der Waals surface area contributed by atoms with Crippen LogP contribution in [0.15, 0.2) is 36.4 Å². The van der Waals surface area contributed by atoms with Crippen LogP contribution in [0.25, 0.3) is 5.76 Å². The Morgan fingerprint density at radius 2 is 1.94 bits per heavy atom. The normalized spacial score (nSPS) is 24.4. The number of halogens is 1. The highest BCUT2D eigenvalue weighted by atomic mass is 35.5. The molecule has 1 aromatic carbocycles. The zero-order valence-corrected chi connectivity index (χ0v) is 9.53. The number of carbonyl (C=O) groups is 1. The molecule has 0 bridgehead atoms. The van der Waals surface area contributed by atoms with Crippen LogP contribution < -0.4 is 0 Å². The minimum Gasteiger partial charge on any atom is -0.450 e. The number of hydrogen-bond acceptors (Lipinski definition) is 3. The van der Waals surface area contributed by atoms with Gasteiger partial charge in [0.2, 0.25) is 0 Å². The van der Waals surface area contributed by atoms with Gasteiger partial charge in [-0.05, 0) is 0 Å². The van der Waals surface area contributed by atoms with Crippen LogP contribution in [0.1, 0.15) is 12.5 Å². The summed E-state index contributed by atoms with van der Waals surface area (Å²) in [5, 5.41) is 0. The molecule has 0 fully saturated rings. The maximum Gasteiger partial charge on any atom is 0.337 e. The van der Waals surface area contributed by atoms with Crippen LogP contribution in [0.5, 0.6) is 0 Å². The largest absolute Gasteiger partial charge is 0.450 e. The number of rotatable bonds is 2. The minimum atomic E-state index is -1.08. The smallest absolute Gasteiger partial charge is 0.337 e. The first-order valence-corrected chi connectivity index (χ1v) is 5.41. The van der Waals surface area contributed by atoms with Crippen LogP contribution in [0, 0.1) is 0 Å². The minimum absolute atomic E-state index is 0.0862. The van der Waals surface area contributed by atoms with Gasteiger partial charge in [0.05, 0.1) is 12.0 Å². The monoisotopic (exact) mass is 238 g/mol. The Labute approximate surface area is 98.6 Å². The summed E-state index contributed by atoms with van der Waals surface area (Å²) < 4.78 is 10.6. The van der Waals surface area contributed by atoms with Gasteiger partial charge < -0.3 is 9.47 Å². The lowest BCUT2D eigenvalue weighted by Gasteiger charge is -2.32. The maximum atomic E-state index is 11.4. The van der Waals surface area contributed by atoms with E-state index in [1.165, 1.54) is 6.08 Å². The lowest BCUT2D eigenvalue weighted by molar-refractivity contribution is -0.192. The van der Waals surface area contributed by atoms with Crippen molar-refractivity contribution in [1.82, 2.24) is 0 Å². The highest BCUT2D eigenvalue weighted by molar-refractivity contribution is 6.18. The third-order valence-electron chi connectivity index (χ3n) is 2.19. The second-order valence-electron chi connectivity index (χ2n) is 3.67. The van der Waals surface area contributed by atoms with E-state index in [0.29, 0.717) is 5.76 Å². The van der Waals surface area contributed by atoms with E-state index in [1.54, 1.807) is 6.92 Å². The Hall–Kier alpha value is -1.48. The summed E-state index contributed by atoms with van der Waals surface area (Å²) in [4.78, 5) is 11.4. The van der Waals surface area contributed by atoms with Crippen LogP contribution in [0.4, 0.5) is 0 Å². The molecule has 0 amide bonds. The fraction of sp³-hybridized carbons (Fsp3) is 0.250. The Morgan fingerprint density at radius 3 is 2.56 bits per heavy atom. The number of hydrogen-bond donors (Lipinski definition) is 0. The van der Waals surface area contributed by atoms with Crippen molar-refractivity contribution in [2.45, 2.75) is 12.7 Å². The molecule has 0 aliphatic carbocycles. The number of esters is 1. The summed E-state index contributed by atoms with van der Waals surface area (Å²) in [6.07, 6.45) is 1.32. The zero-order chi connectivity index (χ0) is 11.6. The van der Waals surface area contributed by atoms with Crippen LogP contribution in [-0.2, 0) is 14.3 Å². The third kappa shape index (κ3) is 2.19. The standard InChI is InChI=1S/C12H11ClO3/c1-12(8-13)15-10(7-11(14)16-12)9-5-3-2-4-6-9/h2-7H,8H2,1H3/t12-/m1/s1. The van der Waals surface area contributed by atoms with Gasteiger partial charge in [-0.2, -0.15) is 0 Å². The van der Waals surface area contributed by atoms with Crippen molar-refractivity contribution in [2.24, 2.45) is 0 Å². The quantitative estimate of drug-likeness (QED) is 0.587. The van der Waals surface area contributed by atoms with E-state index in [9.17, 15) is 4.79 Å². The first-order chi connectivity index (χ1) is 7.63. The fourth-order valence-electron chi connectivity index (χ4n) is 1.43. The number of cyclic esters (lactones) is 1. The Balaban J connectivity index is 2.33. The first-order valence-electron chi connectivity index (χ1n) is 4.88. The van der Waals surface area contributed by atoms with Gasteiger partial charge in [-0.25, -0.2) is 4.79 Å². The highest BCUT2D eigenvalue weighted by Gasteiger charge is 2.34. The molecule has 4 heteroatoms. The molecule has 16 heavy (non-hydrogen) atoms. The Kier molecular flexibility index (Phi) is 2.88. The molecule has 0 saturated carbocycles. The number of alkyl halides is 1. The molecule has 0 N–H and O–H groups in total. The lowest BCUT2D eigenvalue weighted by Crippen LogP contribution is -2.38. The van der Waals surface area contributed by atoms with Crippen LogP contribution >= 0.6 is 11.6 Å². The molecule has 1 aliphatic heterocycles. The van der Waals surface area contributed by atoms with Gasteiger partial charge in [0.15, 0.2) is 0 Å². The SMILES string of the molecule is C[C@]1(CCl)OC(=O)C=C(c2ccccc2)O1. The lowest BCUT2D eigenvalue weighted by atomic mass is 10.1. The molecule has 3 nitrogen and oxygen atoms in total. The average Bonchev–Trinajstić information content (AvgIpc) is 2.29. The van der Waals surface area contributed by atoms with E-state index in [0.717, 1.165) is 5.56 Å². The summed E-state index contributed by atoms with van der Waals surface area (Å²) >= 11 is 5.71. The summed E-state index contributed by atoms with van der Waals surface area (Å²) in [5.41, 5.74) is 0.829. The summed E-state index contributed by atoms with van der Waals surface area (Å²) in [7, 11) is 0. The van der Waals surface area contributed by atoms with Crippen molar-refractivity contribution in [3.63, 3.8) is 0 Å². The molecule has 1 aromatic rings. The highest BCUT2D eigenvalue weighted by Crippen LogP contribution is 2.29. The molecule has 0 saturated heterocycles. The summed E-state index contributed by atoms with van der Waals surface area (Å²) in [6, 6.07) is 9.36. The molecule has 0 unspecified atom stereocenters. The van der Waals surface area contributed by atoms with Gasteiger partial charge in [0.1, 0.15) is 5.76 Å². The van der Waals surface area contributed by atoms with Gasteiger partial charge in [0.25, 0.3) is 5.79 Å². The van der Waals surface area contributed by atoms with Gasteiger partial charge in [-0.3, -0.25) is 0 Å². The molecule has 2 rings (SSSR count). The van der Waals surface area contributed by atoms with E-state index >= 15 is 0 Å². The van der Waals surface area contributed by atoms with Crippen molar-refractivity contribution in [1.29, 1.82) is 0 Å². The molecular weight excluding hydrogens is 228 g/mol. The van der Waals surface area contributed by atoms with Crippen molar-refractivity contribution in [3.05, 3.63) is 42.0 Å². The van der Waals surface area contributed by atoms with E-state index in [-0.39, 0.29) is 5.88 Å². The zero-order valence-electron chi connectivity index (χ0n) is 8.77. The molecule has 0 radical (unpaired) electrons. The molecule has 1 atom stereocenters. The molecule has 0 spiro atoms. The second kappa shape index (κ2) is 4.18. The average molecular weight is 239 g/mol. The van der Waals surface area contributed by atoms with Gasteiger partial charge in [-0.15, -0.1) is 11.6 Å². The van der Waals surface area contributed by atoms with Crippen molar-refractivity contribution >= 4 is 23.3 Å². The van der Waals surface area contributed by atoms with Gasteiger partial charge in [-0.1, -0.05) is 30.3 Å². The van der Waals surface area contributed by atoms with Crippen molar-refractivity contribution in [3.8, 4) is 0 Å².